The fraction of sp³-hybridized carbons (Fsp3) is 0.667. The van der Waals surface area contributed by atoms with Crippen molar-refractivity contribution < 1.29 is 15.0 Å². The second-order valence-corrected chi connectivity index (χ2v) is 3.53. The van der Waals surface area contributed by atoms with Crippen molar-refractivity contribution in [2.45, 2.75) is 17.0 Å². The summed E-state index contributed by atoms with van der Waals surface area (Å²) in [5.41, 5.74) is -1.22. The van der Waals surface area contributed by atoms with Crippen molar-refractivity contribution in [3.8, 4) is 0 Å². The lowest BCUT2D eigenvalue weighted by atomic mass is 10.1. The molecule has 5 heteroatoms. The van der Waals surface area contributed by atoms with E-state index in [4.69, 9.17) is 5.11 Å². The molecule has 0 saturated carbocycles. The highest BCUT2D eigenvalue weighted by molar-refractivity contribution is 9.09. The fourth-order valence-corrected chi connectivity index (χ4v) is 1.50. The van der Waals surface area contributed by atoms with E-state index in [9.17, 15) is 9.90 Å². The molecule has 2 atom stereocenters. The summed E-state index contributed by atoms with van der Waals surface area (Å²) in [4.78, 5) is 13.5. The number of nitrogens with zero attached hydrogens (tertiary/aromatic N) is 1. The van der Waals surface area contributed by atoms with Gasteiger partial charge in [-0.15, -0.1) is 0 Å². The predicted octanol–water partition coefficient (Wildman–Crippen LogP) is -0.526. The van der Waals surface area contributed by atoms with Crippen LogP contribution in [0.3, 0.4) is 0 Å². The monoisotopic (exact) mass is 221 g/mol. The lowest BCUT2D eigenvalue weighted by Gasteiger charge is -2.19. The van der Waals surface area contributed by atoms with E-state index in [1.807, 2.05) is 0 Å². The SMILES string of the molecule is O=CC1=NC(O)(CO)C(Br)C1. The van der Waals surface area contributed by atoms with Gasteiger partial charge in [0.2, 0.25) is 0 Å². The topological polar surface area (TPSA) is 69.9 Å². The Balaban J connectivity index is 2.82. The molecular formula is C6H8BrNO3. The van der Waals surface area contributed by atoms with Crippen LogP contribution in [-0.4, -0.2) is 39.4 Å². The van der Waals surface area contributed by atoms with E-state index in [2.05, 4.69) is 20.9 Å². The molecule has 4 nitrogen and oxygen atoms in total. The number of halogens is 1. The molecule has 0 amide bonds. The first-order valence-corrected chi connectivity index (χ1v) is 4.05. The highest BCUT2D eigenvalue weighted by Crippen LogP contribution is 2.28. The maximum Gasteiger partial charge on any atom is 0.192 e. The minimum atomic E-state index is -1.50. The number of rotatable bonds is 2. The summed E-state index contributed by atoms with van der Waals surface area (Å²) in [6.45, 7) is -0.472. The van der Waals surface area contributed by atoms with Gasteiger partial charge in [0, 0.05) is 6.42 Å². The van der Waals surface area contributed by atoms with Crippen LogP contribution in [0, 0.1) is 0 Å². The third-order valence-electron chi connectivity index (χ3n) is 1.60. The van der Waals surface area contributed by atoms with Crippen LogP contribution >= 0.6 is 15.9 Å². The van der Waals surface area contributed by atoms with E-state index in [1.54, 1.807) is 0 Å². The average Bonchev–Trinajstić information content (AvgIpc) is 2.29. The quantitative estimate of drug-likeness (QED) is 0.487. The third-order valence-corrected chi connectivity index (χ3v) is 2.65. The number of aliphatic imine (C=N–C) groups is 1. The Labute approximate surface area is 72.1 Å². The second-order valence-electron chi connectivity index (χ2n) is 2.43. The zero-order chi connectivity index (χ0) is 8.48. The molecule has 2 N–H and O–H groups in total. The number of hydrogen-bond acceptors (Lipinski definition) is 4. The predicted molar refractivity (Wildman–Crippen MR) is 42.9 cm³/mol. The molecule has 0 aromatic carbocycles. The van der Waals surface area contributed by atoms with Gasteiger partial charge in [-0.2, -0.15) is 0 Å². The number of aliphatic hydroxyl groups excluding tert-OH is 1. The Morgan fingerprint density at radius 2 is 2.55 bits per heavy atom. The molecule has 0 saturated heterocycles. The fourth-order valence-electron chi connectivity index (χ4n) is 0.920. The molecule has 0 aliphatic carbocycles. The first kappa shape index (κ1) is 8.83. The average molecular weight is 222 g/mol. The highest BCUT2D eigenvalue weighted by Gasteiger charge is 2.40. The van der Waals surface area contributed by atoms with Gasteiger partial charge in [0.05, 0.1) is 17.1 Å². The molecule has 0 radical (unpaired) electrons. The second kappa shape index (κ2) is 3.00. The Morgan fingerprint density at radius 3 is 2.82 bits per heavy atom. The molecular weight excluding hydrogens is 214 g/mol. The molecule has 0 spiro atoms. The Kier molecular flexibility index (Phi) is 2.41. The van der Waals surface area contributed by atoms with Crippen molar-refractivity contribution in [3.63, 3.8) is 0 Å². The van der Waals surface area contributed by atoms with Crippen molar-refractivity contribution in [2.24, 2.45) is 4.99 Å². The van der Waals surface area contributed by atoms with Crippen LogP contribution in [0.5, 0.6) is 0 Å². The van der Waals surface area contributed by atoms with Gasteiger partial charge in [-0.05, 0) is 0 Å². The highest BCUT2D eigenvalue weighted by atomic mass is 79.9. The van der Waals surface area contributed by atoms with Gasteiger partial charge in [0.1, 0.15) is 0 Å². The van der Waals surface area contributed by atoms with Crippen LogP contribution in [0.25, 0.3) is 0 Å². The summed E-state index contributed by atoms with van der Waals surface area (Å²) >= 11 is 3.12. The van der Waals surface area contributed by atoms with E-state index >= 15 is 0 Å². The number of carbonyl (C=O) groups excluding carboxylic acids is 1. The molecule has 0 aromatic rings. The van der Waals surface area contributed by atoms with Gasteiger partial charge in [-0.25, -0.2) is 4.99 Å². The summed E-state index contributed by atoms with van der Waals surface area (Å²) in [6.07, 6.45) is 0.947. The van der Waals surface area contributed by atoms with Crippen LogP contribution in [0.1, 0.15) is 6.42 Å². The summed E-state index contributed by atoms with van der Waals surface area (Å²) < 4.78 is 0. The minimum absolute atomic E-state index is 0.281. The number of aliphatic hydroxyl groups is 2. The van der Waals surface area contributed by atoms with Crippen LogP contribution in [-0.2, 0) is 4.79 Å². The zero-order valence-corrected chi connectivity index (χ0v) is 7.28. The van der Waals surface area contributed by atoms with Crippen molar-refractivity contribution in [3.05, 3.63) is 0 Å². The lowest BCUT2D eigenvalue weighted by molar-refractivity contribution is -0.102. The Bertz CT molecular complexity index is 206. The molecule has 1 aliphatic heterocycles. The molecule has 1 aliphatic rings. The Hall–Kier alpha value is -0.260. The molecule has 1 heterocycles. The molecule has 2 unspecified atom stereocenters. The summed E-state index contributed by atoms with van der Waals surface area (Å²) in [7, 11) is 0. The van der Waals surface area contributed by atoms with Gasteiger partial charge in [0.25, 0.3) is 0 Å². The van der Waals surface area contributed by atoms with Crippen molar-refractivity contribution in [1.82, 2.24) is 0 Å². The summed E-state index contributed by atoms with van der Waals surface area (Å²) in [6, 6.07) is 0. The van der Waals surface area contributed by atoms with Gasteiger partial charge in [0.15, 0.2) is 12.0 Å². The van der Waals surface area contributed by atoms with Gasteiger partial charge in [-0.3, -0.25) is 4.79 Å². The number of aldehydes is 1. The molecule has 1 rings (SSSR count). The van der Waals surface area contributed by atoms with Crippen LogP contribution in [0.4, 0.5) is 0 Å². The standard InChI is InChI=1S/C6H8BrNO3/c7-5-1-4(2-9)8-6(5,11)3-10/h2,5,10-11H,1,3H2. The molecule has 11 heavy (non-hydrogen) atoms. The van der Waals surface area contributed by atoms with Crippen LogP contribution < -0.4 is 0 Å². The van der Waals surface area contributed by atoms with E-state index in [-0.39, 0.29) is 10.5 Å². The van der Waals surface area contributed by atoms with E-state index in [1.165, 1.54) is 0 Å². The number of carbonyl (C=O) groups is 1. The number of alkyl halides is 1. The van der Waals surface area contributed by atoms with Crippen molar-refractivity contribution >= 4 is 27.9 Å². The molecule has 62 valence electrons. The molecule has 0 aromatic heterocycles. The first-order valence-electron chi connectivity index (χ1n) is 3.13. The maximum absolute atomic E-state index is 10.2. The van der Waals surface area contributed by atoms with E-state index < -0.39 is 12.3 Å². The summed E-state index contributed by atoms with van der Waals surface area (Å²) in [5.74, 6) is 0. The van der Waals surface area contributed by atoms with Gasteiger partial charge in [-0.1, -0.05) is 15.9 Å². The maximum atomic E-state index is 10.2. The zero-order valence-electron chi connectivity index (χ0n) is 5.70. The van der Waals surface area contributed by atoms with E-state index in [0.717, 1.165) is 0 Å². The smallest absolute Gasteiger partial charge is 0.192 e. The normalized spacial score (nSPS) is 37.0. The molecule has 0 fully saturated rings. The van der Waals surface area contributed by atoms with Crippen molar-refractivity contribution in [2.75, 3.05) is 6.61 Å². The van der Waals surface area contributed by atoms with Crippen LogP contribution in [0.2, 0.25) is 0 Å². The van der Waals surface area contributed by atoms with Gasteiger partial charge >= 0.3 is 0 Å². The first-order chi connectivity index (χ1) is 5.12. The Morgan fingerprint density at radius 1 is 1.91 bits per heavy atom. The van der Waals surface area contributed by atoms with Crippen molar-refractivity contribution in [1.29, 1.82) is 0 Å². The van der Waals surface area contributed by atoms with E-state index in [0.29, 0.717) is 12.7 Å². The minimum Gasteiger partial charge on any atom is -0.391 e. The molecule has 0 bridgehead atoms. The lowest BCUT2D eigenvalue weighted by Crippen LogP contribution is -2.36. The third kappa shape index (κ3) is 1.50. The van der Waals surface area contributed by atoms with Crippen LogP contribution in [0.15, 0.2) is 4.99 Å². The summed E-state index contributed by atoms with van der Waals surface area (Å²) in [5, 5.41) is 18.1. The number of hydrogen-bond donors (Lipinski definition) is 2. The van der Waals surface area contributed by atoms with Gasteiger partial charge < -0.3 is 10.2 Å². The largest absolute Gasteiger partial charge is 0.391 e.